The topological polar surface area (TPSA) is 108 Å². The Morgan fingerprint density at radius 3 is 2.37 bits per heavy atom. The van der Waals surface area contributed by atoms with Gasteiger partial charge in [0.1, 0.15) is 17.7 Å². The van der Waals surface area contributed by atoms with Crippen molar-refractivity contribution in [3.05, 3.63) is 35.4 Å². The third-order valence-electron chi connectivity index (χ3n) is 6.83. The summed E-state index contributed by atoms with van der Waals surface area (Å²) < 4.78 is 5.32. The second-order valence-electron chi connectivity index (χ2n) is 11.5. The van der Waals surface area contributed by atoms with E-state index in [1.165, 1.54) is 11.3 Å². The molecule has 0 spiro atoms. The number of alkyl carbamates (subject to hydrolysis) is 1. The minimum Gasteiger partial charge on any atom is -0.444 e. The van der Waals surface area contributed by atoms with Crippen LogP contribution < -0.4 is 10.6 Å². The van der Waals surface area contributed by atoms with Crippen LogP contribution in [0.1, 0.15) is 109 Å². The summed E-state index contributed by atoms with van der Waals surface area (Å²) in [5.41, 5.74) is 0.948. The van der Waals surface area contributed by atoms with Crippen LogP contribution >= 0.6 is 0 Å². The predicted octanol–water partition coefficient (Wildman–Crippen LogP) is 5.17. The van der Waals surface area contributed by atoms with E-state index < -0.39 is 36.3 Å². The monoisotopic (exact) mass is 531 g/mol. The van der Waals surface area contributed by atoms with Gasteiger partial charge in [-0.05, 0) is 52.5 Å². The molecule has 2 rings (SSSR count). The van der Waals surface area contributed by atoms with Crippen LogP contribution in [-0.2, 0) is 14.3 Å². The molecule has 3 N–H and O–H groups in total. The Kier molecular flexibility index (Phi) is 13.1. The predicted molar refractivity (Wildman–Crippen MR) is 150 cm³/mol. The van der Waals surface area contributed by atoms with E-state index in [1.54, 1.807) is 20.8 Å². The van der Waals surface area contributed by atoms with Gasteiger partial charge in [-0.1, -0.05) is 81.7 Å². The number of aryl methyl sites for hydroxylation is 1. The number of benzene rings is 1. The van der Waals surface area contributed by atoms with E-state index in [0.717, 1.165) is 63.4 Å². The van der Waals surface area contributed by atoms with Gasteiger partial charge in [0.05, 0.1) is 6.61 Å². The van der Waals surface area contributed by atoms with Gasteiger partial charge in [0, 0.05) is 12.6 Å². The largest absolute Gasteiger partial charge is 0.444 e. The number of hydrogen-bond acceptors (Lipinski definition) is 5. The van der Waals surface area contributed by atoms with Gasteiger partial charge in [0.25, 0.3) is 0 Å². The standard InChI is InChI=1S/C30H49N3O5/c1-6-7-8-9-13-19-33(28(36)25(21-34)32-29(37)38-30(3,4)5)26(23-16-14-15-22(2)20-23)27(35)31-24-17-11-10-12-18-24/h14-16,20,24-26,34H,6-13,17-19,21H2,1-5H3,(H,31,35)(H,32,37). The summed E-state index contributed by atoms with van der Waals surface area (Å²) in [5.74, 6) is -0.725. The Hall–Kier alpha value is -2.61. The molecule has 1 aliphatic rings. The van der Waals surface area contributed by atoms with E-state index in [-0.39, 0.29) is 11.9 Å². The molecule has 1 saturated carbocycles. The first-order valence-corrected chi connectivity index (χ1v) is 14.3. The van der Waals surface area contributed by atoms with Gasteiger partial charge in [-0.2, -0.15) is 0 Å². The molecule has 1 aromatic carbocycles. The number of hydrogen-bond donors (Lipinski definition) is 3. The van der Waals surface area contributed by atoms with Gasteiger partial charge >= 0.3 is 6.09 Å². The smallest absolute Gasteiger partial charge is 0.408 e. The van der Waals surface area contributed by atoms with Crippen molar-refractivity contribution in [1.82, 2.24) is 15.5 Å². The van der Waals surface area contributed by atoms with Gasteiger partial charge in [-0.15, -0.1) is 0 Å². The van der Waals surface area contributed by atoms with Gasteiger partial charge in [0.2, 0.25) is 11.8 Å². The van der Waals surface area contributed by atoms with Crippen LogP contribution in [-0.4, -0.2) is 58.8 Å². The molecule has 0 aliphatic heterocycles. The van der Waals surface area contributed by atoms with E-state index in [1.807, 2.05) is 31.2 Å². The molecule has 0 bridgehead atoms. The van der Waals surface area contributed by atoms with Crippen molar-refractivity contribution >= 4 is 17.9 Å². The lowest BCUT2D eigenvalue weighted by Crippen LogP contribution is -2.55. The zero-order chi connectivity index (χ0) is 28.1. The number of nitrogens with zero attached hydrogens (tertiary/aromatic N) is 1. The highest BCUT2D eigenvalue weighted by Gasteiger charge is 2.36. The van der Waals surface area contributed by atoms with Crippen LogP contribution in [0.25, 0.3) is 0 Å². The van der Waals surface area contributed by atoms with E-state index in [2.05, 4.69) is 17.6 Å². The number of rotatable bonds is 13. The molecule has 3 amide bonds. The molecule has 1 fully saturated rings. The van der Waals surface area contributed by atoms with Crippen LogP contribution in [0.5, 0.6) is 0 Å². The Labute approximate surface area is 228 Å². The quantitative estimate of drug-likeness (QED) is 0.304. The lowest BCUT2D eigenvalue weighted by atomic mass is 9.94. The highest BCUT2D eigenvalue weighted by Crippen LogP contribution is 2.26. The maximum absolute atomic E-state index is 13.9. The van der Waals surface area contributed by atoms with Crippen molar-refractivity contribution in [3.63, 3.8) is 0 Å². The van der Waals surface area contributed by atoms with Crippen LogP contribution in [0.15, 0.2) is 24.3 Å². The Bertz CT molecular complexity index is 892. The molecule has 2 atom stereocenters. The first kappa shape index (κ1) is 31.6. The first-order chi connectivity index (χ1) is 18.1. The maximum atomic E-state index is 13.9. The molecule has 0 radical (unpaired) electrons. The number of aliphatic hydroxyl groups is 1. The average molecular weight is 532 g/mol. The van der Waals surface area contributed by atoms with Gasteiger partial charge in [-0.25, -0.2) is 4.79 Å². The maximum Gasteiger partial charge on any atom is 0.408 e. The second-order valence-corrected chi connectivity index (χ2v) is 11.5. The molecular weight excluding hydrogens is 482 g/mol. The second kappa shape index (κ2) is 15.7. The molecule has 1 aromatic rings. The van der Waals surface area contributed by atoms with Gasteiger partial charge < -0.3 is 25.4 Å². The molecular formula is C30H49N3O5. The van der Waals surface area contributed by atoms with Gasteiger partial charge in [-0.3, -0.25) is 9.59 Å². The number of carbonyl (C=O) groups excluding carboxylic acids is 3. The van der Waals surface area contributed by atoms with Crippen molar-refractivity contribution in [1.29, 1.82) is 0 Å². The fourth-order valence-corrected chi connectivity index (χ4v) is 4.93. The van der Waals surface area contributed by atoms with Crippen molar-refractivity contribution < 1.29 is 24.2 Å². The number of nitrogens with one attached hydrogen (secondary N) is 2. The van der Waals surface area contributed by atoms with E-state index >= 15 is 0 Å². The third-order valence-corrected chi connectivity index (χ3v) is 6.83. The summed E-state index contributed by atoms with van der Waals surface area (Å²) in [6, 6.07) is 5.62. The molecule has 38 heavy (non-hydrogen) atoms. The van der Waals surface area contributed by atoms with Gasteiger partial charge in [0.15, 0.2) is 0 Å². The summed E-state index contributed by atoms with van der Waals surface area (Å²) in [5, 5.41) is 15.8. The number of ether oxygens (including phenoxy) is 1. The molecule has 1 aliphatic carbocycles. The minimum atomic E-state index is -1.23. The third kappa shape index (κ3) is 10.6. The summed E-state index contributed by atoms with van der Waals surface area (Å²) in [6.45, 7) is 9.03. The van der Waals surface area contributed by atoms with E-state index in [0.29, 0.717) is 12.1 Å². The summed E-state index contributed by atoms with van der Waals surface area (Å²) in [7, 11) is 0. The fraction of sp³-hybridized carbons (Fsp3) is 0.700. The zero-order valence-corrected chi connectivity index (χ0v) is 24.1. The van der Waals surface area contributed by atoms with Crippen molar-refractivity contribution in [2.75, 3.05) is 13.2 Å². The molecule has 214 valence electrons. The highest BCUT2D eigenvalue weighted by atomic mass is 16.6. The number of unbranched alkanes of at least 4 members (excludes halogenated alkanes) is 4. The normalized spacial score (nSPS) is 15.8. The van der Waals surface area contributed by atoms with Crippen LogP contribution in [0.2, 0.25) is 0 Å². The fourth-order valence-electron chi connectivity index (χ4n) is 4.93. The molecule has 0 heterocycles. The van der Waals surface area contributed by atoms with Crippen molar-refractivity contribution in [3.8, 4) is 0 Å². The Morgan fingerprint density at radius 1 is 1.08 bits per heavy atom. The Morgan fingerprint density at radius 2 is 1.76 bits per heavy atom. The Balaban J connectivity index is 2.38. The van der Waals surface area contributed by atoms with Crippen LogP contribution in [0, 0.1) is 6.92 Å². The molecule has 2 unspecified atom stereocenters. The molecule has 0 aromatic heterocycles. The number of carbonyl (C=O) groups is 3. The van der Waals surface area contributed by atoms with Crippen LogP contribution in [0.3, 0.4) is 0 Å². The molecule has 0 saturated heterocycles. The molecule has 8 nitrogen and oxygen atoms in total. The lowest BCUT2D eigenvalue weighted by Gasteiger charge is -2.35. The summed E-state index contributed by atoms with van der Waals surface area (Å²) in [4.78, 5) is 41.8. The first-order valence-electron chi connectivity index (χ1n) is 14.3. The summed E-state index contributed by atoms with van der Waals surface area (Å²) >= 11 is 0. The van der Waals surface area contributed by atoms with Crippen molar-refractivity contribution in [2.45, 2.75) is 123 Å². The SMILES string of the molecule is CCCCCCCN(C(=O)C(CO)NC(=O)OC(C)(C)C)C(C(=O)NC1CCCCC1)c1cccc(C)c1. The zero-order valence-electron chi connectivity index (χ0n) is 24.1. The summed E-state index contributed by atoms with van der Waals surface area (Å²) in [6.07, 6.45) is 9.29. The lowest BCUT2D eigenvalue weighted by molar-refractivity contribution is -0.143. The van der Waals surface area contributed by atoms with Crippen molar-refractivity contribution in [2.24, 2.45) is 0 Å². The highest BCUT2D eigenvalue weighted by molar-refractivity contribution is 5.92. The van der Waals surface area contributed by atoms with E-state index in [4.69, 9.17) is 4.74 Å². The van der Waals surface area contributed by atoms with E-state index in [9.17, 15) is 19.5 Å². The number of amides is 3. The van der Waals surface area contributed by atoms with Crippen LogP contribution in [0.4, 0.5) is 4.79 Å². The minimum absolute atomic E-state index is 0.0820. The number of aliphatic hydroxyl groups excluding tert-OH is 1. The average Bonchev–Trinajstić information content (AvgIpc) is 2.85. The molecule has 8 heteroatoms.